The van der Waals surface area contributed by atoms with E-state index in [9.17, 15) is 0 Å². The Morgan fingerprint density at radius 3 is 2.20 bits per heavy atom. The number of nitrogens with zero attached hydrogens (tertiary/aromatic N) is 1. The molecule has 3 nitrogen and oxygen atoms in total. The number of nitrogen functional groups attached to an aromatic ring is 1. The van der Waals surface area contributed by atoms with Gasteiger partial charge in [0, 0.05) is 9.13 Å². The van der Waals surface area contributed by atoms with Crippen LogP contribution >= 0.6 is 22.6 Å². The molecular weight excluding hydrogens is 363 g/mol. The Kier molecular flexibility index (Phi) is 3.48. The van der Waals surface area contributed by atoms with Crippen LogP contribution in [-0.2, 0) is 0 Å². The monoisotopic (exact) mass is 376 g/mol. The number of hydrogen-bond acceptors (Lipinski definition) is 3. The van der Waals surface area contributed by atoms with E-state index < -0.39 is 0 Å². The summed E-state index contributed by atoms with van der Waals surface area (Å²) in [7, 11) is 0. The number of anilines is 1. The number of aromatic nitrogens is 1. The highest BCUT2D eigenvalue weighted by Crippen LogP contribution is 2.36. The molecule has 3 rings (SSSR count). The van der Waals surface area contributed by atoms with E-state index in [1.54, 1.807) is 0 Å². The zero-order chi connectivity index (χ0) is 14.1. The fourth-order valence-electron chi connectivity index (χ4n) is 2.10. The number of rotatable bonds is 2. The first kappa shape index (κ1) is 13.2. The molecule has 1 heterocycles. The topological polar surface area (TPSA) is 52.0 Å². The Bertz CT molecular complexity index is 730. The van der Waals surface area contributed by atoms with Crippen LogP contribution in [0.2, 0.25) is 0 Å². The van der Waals surface area contributed by atoms with Gasteiger partial charge in [-0.25, -0.2) is 0 Å². The van der Waals surface area contributed by atoms with Crippen molar-refractivity contribution in [1.29, 1.82) is 0 Å². The van der Waals surface area contributed by atoms with Crippen LogP contribution < -0.4 is 5.73 Å². The Balaban J connectivity index is 2.14. The Morgan fingerprint density at radius 2 is 1.55 bits per heavy atom. The van der Waals surface area contributed by atoms with Gasteiger partial charge in [0.25, 0.3) is 0 Å². The quantitative estimate of drug-likeness (QED) is 0.670. The van der Waals surface area contributed by atoms with Gasteiger partial charge in [0.05, 0.1) is 5.56 Å². The number of benzene rings is 2. The van der Waals surface area contributed by atoms with Crippen LogP contribution in [0, 0.1) is 10.5 Å². The fourth-order valence-corrected chi connectivity index (χ4v) is 2.46. The van der Waals surface area contributed by atoms with Gasteiger partial charge in [-0.05, 0) is 47.2 Å². The Morgan fingerprint density at radius 1 is 0.950 bits per heavy atom. The second kappa shape index (κ2) is 5.28. The van der Waals surface area contributed by atoms with E-state index in [0.29, 0.717) is 11.6 Å². The average Bonchev–Trinajstić information content (AvgIpc) is 2.83. The molecule has 0 amide bonds. The van der Waals surface area contributed by atoms with Gasteiger partial charge in [-0.3, -0.25) is 0 Å². The lowest BCUT2D eigenvalue weighted by atomic mass is 10.0. The highest BCUT2D eigenvalue weighted by molar-refractivity contribution is 14.1. The maximum Gasteiger partial charge on any atom is 0.176 e. The van der Waals surface area contributed by atoms with Gasteiger partial charge >= 0.3 is 0 Å². The third-order valence-corrected chi connectivity index (χ3v) is 3.88. The molecule has 20 heavy (non-hydrogen) atoms. The van der Waals surface area contributed by atoms with E-state index in [1.165, 1.54) is 9.13 Å². The largest absolute Gasteiger partial charge is 0.380 e. The lowest BCUT2D eigenvalue weighted by Gasteiger charge is -2.03. The summed E-state index contributed by atoms with van der Waals surface area (Å²) in [6.45, 7) is 2.06. The lowest BCUT2D eigenvalue weighted by Crippen LogP contribution is -1.89. The molecule has 2 N–H and O–H groups in total. The van der Waals surface area contributed by atoms with Crippen molar-refractivity contribution in [1.82, 2.24) is 5.16 Å². The first-order valence-corrected chi connectivity index (χ1v) is 7.31. The minimum atomic E-state index is 0.419. The van der Waals surface area contributed by atoms with Crippen LogP contribution in [0.1, 0.15) is 5.56 Å². The first-order chi connectivity index (χ1) is 9.65. The molecule has 0 fully saturated rings. The van der Waals surface area contributed by atoms with E-state index in [-0.39, 0.29) is 0 Å². The highest BCUT2D eigenvalue weighted by atomic mass is 127. The number of halogens is 1. The number of nitrogens with two attached hydrogens (primary N) is 1. The van der Waals surface area contributed by atoms with Crippen LogP contribution in [0.4, 0.5) is 5.82 Å². The van der Waals surface area contributed by atoms with Gasteiger partial charge in [0.15, 0.2) is 11.6 Å². The summed E-state index contributed by atoms with van der Waals surface area (Å²) in [5.41, 5.74) is 10.0. The summed E-state index contributed by atoms with van der Waals surface area (Å²) >= 11 is 2.27. The molecule has 100 valence electrons. The molecule has 0 saturated heterocycles. The zero-order valence-corrected chi connectivity index (χ0v) is 13.1. The minimum Gasteiger partial charge on any atom is -0.380 e. The molecule has 3 aromatic rings. The standard InChI is InChI=1S/C16H13IN2O/c1-10-2-4-11(5-3-10)14-15(20-19-16(14)18)12-6-8-13(17)9-7-12/h2-9H,1H3,(H2,18,19). The third-order valence-electron chi connectivity index (χ3n) is 3.17. The van der Waals surface area contributed by atoms with Gasteiger partial charge in [0.2, 0.25) is 0 Å². The summed E-state index contributed by atoms with van der Waals surface area (Å²) in [5.74, 6) is 1.13. The first-order valence-electron chi connectivity index (χ1n) is 6.23. The SMILES string of the molecule is Cc1ccc(-c2c(N)noc2-c2ccc(I)cc2)cc1. The van der Waals surface area contributed by atoms with Gasteiger partial charge in [-0.2, -0.15) is 0 Å². The van der Waals surface area contributed by atoms with Crippen molar-refractivity contribution in [3.8, 4) is 22.5 Å². The van der Waals surface area contributed by atoms with Crippen molar-refractivity contribution in [2.24, 2.45) is 0 Å². The van der Waals surface area contributed by atoms with Crippen LogP contribution in [0.3, 0.4) is 0 Å². The molecule has 0 spiro atoms. The Hall–Kier alpha value is -1.82. The van der Waals surface area contributed by atoms with E-state index in [4.69, 9.17) is 10.3 Å². The second-order valence-corrected chi connectivity index (χ2v) is 5.89. The molecule has 0 aliphatic rings. The van der Waals surface area contributed by atoms with Crippen LogP contribution in [0.15, 0.2) is 53.1 Å². The van der Waals surface area contributed by atoms with Gasteiger partial charge < -0.3 is 10.3 Å². The molecule has 0 unspecified atom stereocenters. The third kappa shape index (κ3) is 2.43. The van der Waals surface area contributed by atoms with Gasteiger partial charge in [-0.1, -0.05) is 47.1 Å². The van der Waals surface area contributed by atoms with E-state index >= 15 is 0 Å². The maximum atomic E-state index is 5.97. The van der Waals surface area contributed by atoms with Crippen molar-refractivity contribution in [2.45, 2.75) is 6.92 Å². The van der Waals surface area contributed by atoms with Crippen molar-refractivity contribution in [3.05, 3.63) is 57.7 Å². The highest BCUT2D eigenvalue weighted by Gasteiger charge is 2.17. The zero-order valence-electron chi connectivity index (χ0n) is 10.9. The van der Waals surface area contributed by atoms with E-state index in [1.807, 2.05) is 36.4 Å². The summed E-state index contributed by atoms with van der Waals surface area (Å²) in [4.78, 5) is 0. The fraction of sp³-hybridized carbons (Fsp3) is 0.0625. The molecule has 0 atom stereocenters. The predicted molar refractivity (Wildman–Crippen MR) is 89.2 cm³/mol. The minimum absolute atomic E-state index is 0.419. The molecule has 2 aromatic carbocycles. The molecule has 0 bridgehead atoms. The van der Waals surface area contributed by atoms with Crippen LogP contribution in [0.25, 0.3) is 22.5 Å². The molecule has 4 heteroatoms. The summed E-state index contributed by atoms with van der Waals surface area (Å²) in [6, 6.07) is 16.3. The molecule has 0 aliphatic heterocycles. The van der Waals surface area contributed by atoms with Crippen LogP contribution in [-0.4, -0.2) is 5.16 Å². The van der Waals surface area contributed by atoms with Gasteiger partial charge in [-0.15, -0.1) is 0 Å². The summed E-state index contributed by atoms with van der Waals surface area (Å²) in [6.07, 6.45) is 0. The number of hydrogen-bond donors (Lipinski definition) is 1. The summed E-state index contributed by atoms with van der Waals surface area (Å²) < 4.78 is 6.61. The predicted octanol–water partition coefficient (Wildman–Crippen LogP) is 4.50. The van der Waals surface area contributed by atoms with Crippen molar-refractivity contribution in [2.75, 3.05) is 5.73 Å². The van der Waals surface area contributed by atoms with Gasteiger partial charge in [0.1, 0.15) is 0 Å². The van der Waals surface area contributed by atoms with Crippen molar-refractivity contribution < 1.29 is 4.52 Å². The molecule has 0 saturated carbocycles. The second-order valence-electron chi connectivity index (χ2n) is 4.64. The van der Waals surface area contributed by atoms with E-state index in [0.717, 1.165) is 16.7 Å². The van der Waals surface area contributed by atoms with Crippen LogP contribution in [0.5, 0.6) is 0 Å². The summed E-state index contributed by atoms with van der Waals surface area (Å²) in [5, 5.41) is 3.92. The Labute approximate surface area is 130 Å². The van der Waals surface area contributed by atoms with Crippen molar-refractivity contribution >= 4 is 28.4 Å². The average molecular weight is 376 g/mol. The maximum absolute atomic E-state index is 5.97. The molecule has 1 aromatic heterocycles. The van der Waals surface area contributed by atoms with Crippen molar-refractivity contribution in [3.63, 3.8) is 0 Å². The molecular formula is C16H13IN2O. The molecule has 0 aliphatic carbocycles. The van der Waals surface area contributed by atoms with E-state index in [2.05, 4.69) is 46.8 Å². The molecule has 0 radical (unpaired) electrons. The normalized spacial score (nSPS) is 10.7. The lowest BCUT2D eigenvalue weighted by molar-refractivity contribution is 0.436. The number of aryl methyl sites for hydroxylation is 1. The smallest absolute Gasteiger partial charge is 0.176 e.